The minimum Gasteiger partial charge on any atom is -0.328 e. The molecule has 2 atom stereocenters. The highest BCUT2D eigenvalue weighted by Crippen LogP contribution is 2.25. The predicted molar refractivity (Wildman–Crippen MR) is 82.8 cm³/mol. The minimum absolute atomic E-state index is 0.562. The normalized spacial score (nSPS) is 27.0. The van der Waals surface area contributed by atoms with Crippen LogP contribution in [0.1, 0.15) is 12.0 Å². The van der Waals surface area contributed by atoms with E-state index in [0.717, 1.165) is 19.6 Å². The Hall–Kier alpha value is -1.64. The number of carbonyl (C=O) groups excluding carboxylic acids is 1. The summed E-state index contributed by atoms with van der Waals surface area (Å²) in [7, 11) is 0. The van der Waals surface area contributed by atoms with Crippen molar-refractivity contribution in [2.75, 3.05) is 26.2 Å². The van der Waals surface area contributed by atoms with E-state index in [0.29, 0.717) is 13.1 Å². The Balaban J connectivity index is 1.53. The number of nitrogens with one attached hydrogen (secondary N) is 2. The van der Waals surface area contributed by atoms with E-state index in [1.54, 1.807) is 0 Å². The van der Waals surface area contributed by atoms with E-state index in [-0.39, 0.29) is 0 Å². The van der Waals surface area contributed by atoms with Gasteiger partial charge in [0.05, 0.1) is 6.42 Å². The lowest BCUT2D eigenvalue weighted by Gasteiger charge is -2.43. The van der Waals surface area contributed by atoms with Crippen LogP contribution in [0.15, 0.2) is 30.3 Å². The van der Waals surface area contributed by atoms with Crippen LogP contribution < -0.4 is 10.6 Å². The first-order valence-electron chi connectivity index (χ1n) is 8.04. The highest BCUT2D eigenvalue weighted by molar-refractivity contribution is 5.77. The Morgan fingerprint density at radius 1 is 1.08 bits per heavy atom. The number of hydrogen-bond donors (Lipinski definition) is 2. The molecule has 0 aromatic heterocycles. The van der Waals surface area contributed by atoms with Crippen LogP contribution in [0.3, 0.4) is 0 Å². The molecule has 0 saturated carbocycles. The highest BCUT2D eigenvalue weighted by atomic mass is 19.4. The van der Waals surface area contributed by atoms with E-state index in [1.807, 2.05) is 23.1 Å². The second kappa shape index (κ2) is 7.08. The van der Waals surface area contributed by atoms with Gasteiger partial charge < -0.3 is 5.32 Å². The number of rotatable bonds is 3. The summed E-state index contributed by atoms with van der Waals surface area (Å²) in [5.41, 5.74) is 1.21. The second-order valence-electron chi connectivity index (χ2n) is 6.23. The third-order valence-corrected chi connectivity index (χ3v) is 4.46. The lowest BCUT2D eigenvalue weighted by molar-refractivity contribution is -0.175. The Morgan fingerprint density at radius 2 is 1.75 bits per heavy atom. The largest absolute Gasteiger partial charge is 0.404 e. The summed E-state index contributed by atoms with van der Waals surface area (Å²) in [6.45, 7) is 3.54. The van der Waals surface area contributed by atoms with E-state index in [4.69, 9.17) is 0 Å². The lowest BCUT2D eigenvalue weighted by atomic mass is 10.1. The number of nitrogens with zero attached hydrogens (tertiary/aromatic N) is 2. The van der Waals surface area contributed by atoms with Gasteiger partial charge in [0.25, 0.3) is 0 Å². The van der Waals surface area contributed by atoms with Gasteiger partial charge in [-0.25, -0.2) is 0 Å². The van der Waals surface area contributed by atoms with Gasteiger partial charge in [0.1, 0.15) is 12.3 Å². The van der Waals surface area contributed by atoms with Gasteiger partial charge in [0.2, 0.25) is 5.91 Å². The van der Waals surface area contributed by atoms with Gasteiger partial charge in [-0.1, -0.05) is 30.3 Å². The molecular weight excluding hydrogens is 321 g/mol. The molecule has 1 aromatic carbocycles. The van der Waals surface area contributed by atoms with Gasteiger partial charge in [-0.3, -0.25) is 19.9 Å². The van der Waals surface area contributed by atoms with Gasteiger partial charge in [0, 0.05) is 32.7 Å². The van der Waals surface area contributed by atoms with Crippen LogP contribution in [0.2, 0.25) is 0 Å². The van der Waals surface area contributed by atoms with Crippen molar-refractivity contribution in [3.05, 3.63) is 35.9 Å². The van der Waals surface area contributed by atoms with Crippen LogP contribution in [-0.2, 0) is 11.3 Å². The summed E-state index contributed by atoms with van der Waals surface area (Å²) in [5, 5.41) is 5.12. The number of amides is 1. The Labute approximate surface area is 138 Å². The third kappa shape index (κ3) is 4.25. The summed E-state index contributed by atoms with van der Waals surface area (Å²) in [6.07, 6.45) is -5.73. The first-order valence-corrected chi connectivity index (χ1v) is 8.04. The van der Waals surface area contributed by atoms with Crippen LogP contribution in [0.25, 0.3) is 0 Å². The molecule has 0 aliphatic carbocycles. The maximum Gasteiger partial charge on any atom is 0.404 e. The zero-order chi connectivity index (χ0) is 17.2. The van der Waals surface area contributed by atoms with Crippen LogP contribution >= 0.6 is 0 Å². The molecular formula is C16H21F3N4O. The average molecular weight is 342 g/mol. The molecule has 1 aromatic rings. The van der Waals surface area contributed by atoms with Gasteiger partial charge in [0.15, 0.2) is 0 Å². The lowest BCUT2D eigenvalue weighted by Crippen LogP contribution is -2.68. The van der Waals surface area contributed by atoms with E-state index >= 15 is 0 Å². The summed E-state index contributed by atoms with van der Waals surface area (Å²) >= 11 is 0. The van der Waals surface area contributed by atoms with Crippen molar-refractivity contribution in [2.24, 2.45) is 0 Å². The summed E-state index contributed by atoms with van der Waals surface area (Å²) in [6, 6.07) is 8.29. The fourth-order valence-electron chi connectivity index (χ4n) is 3.12. The van der Waals surface area contributed by atoms with E-state index < -0.39 is 30.8 Å². The molecule has 5 nitrogen and oxygen atoms in total. The highest BCUT2D eigenvalue weighted by Gasteiger charge is 2.45. The van der Waals surface area contributed by atoms with Gasteiger partial charge in [-0.15, -0.1) is 0 Å². The zero-order valence-corrected chi connectivity index (χ0v) is 13.2. The predicted octanol–water partition coefficient (Wildman–Crippen LogP) is 1.13. The summed E-state index contributed by atoms with van der Waals surface area (Å²) in [5.74, 6) is -0.562. The van der Waals surface area contributed by atoms with Crippen molar-refractivity contribution in [3.8, 4) is 0 Å². The fraction of sp³-hybridized carbons (Fsp3) is 0.562. The first kappa shape index (κ1) is 17.2. The third-order valence-electron chi connectivity index (χ3n) is 4.46. The monoisotopic (exact) mass is 342 g/mol. The molecule has 2 saturated heterocycles. The standard InChI is InChI=1S/C16H21F3N4O/c17-16(18,19)13-10-14(24)21-15(20-13)23-8-6-22(7-9-23)11-12-4-2-1-3-5-12/h1-5,13,15,20H,6-11H2,(H,21,24). The molecule has 2 unspecified atom stereocenters. The van der Waals surface area contributed by atoms with Gasteiger partial charge in [-0.2, -0.15) is 13.2 Å². The average Bonchev–Trinajstić information content (AvgIpc) is 2.55. The van der Waals surface area contributed by atoms with E-state index in [2.05, 4.69) is 27.7 Å². The molecule has 2 fully saturated rings. The smallest absolute Gasteiger partial charge is 0.328 e. The topological polar surface area (TPSA) is 47.6 Å². The molecule has 2 N–H and O–H groups in total. The van der Waals surface area contributed by atoms with Gasteiger partial charge >= 0.3 is 6.18 Å². The van der Waals surface area contributed by atoms with Crippen molar-refractivity contribution < 1.29 is 18.0 Å². The van der Waals surface area contributed by atoms with Crippen molar-refractivity contribution in [1.29, 1.82) is 0 Å². The molecule has 24 heavy (non-hydrogen) atoms. The molecule has 0 bridgehead atoms. The van der Waals surface area contributed by atoms with E-state index in [9.17, 15) is 18.0 Å². The van der Waals surface area contributed by atoms with Crippen molar-refractivity contribution in [3.63, 3.8) is 0 Å². The molecule has 0 spiro atoms. The molecule has 8 heteroatoms. The molecule has 132 valence electrons. The SMILES string of the molecule is O=C1CC(C(F)(F)F)NC(N2CCN(Cc3ccccc3)CC2)N1. The first-order chi connectivity index (χ1) is 11.4. The molecule has 3 rings (SSSR count). The van der Waals surface area contributed by atoms with Crippen LogP contribution in [0.5, 0.6) is 0 Å². The quantitative estimate of drug-likeness (QED) is 0.865. The molecule has 2 aliphatic heterocycles. The van der Waals surface area contributed by atoms with Crippen LogP contribution in [0.4, 0.5) is 13.2 Å². The number of piperazine rings is 1. The van der Waals surface area contributed by atoms with Crippen molar-refractivity contribution in [2.45, 2.75) is 31.5 Å². The summed E-state index contributed by atoms with van der Waals surface area (Å²) < 4.78 is 38.7. The second-order valence-corrected chi connectivity index (χ2v) is 6.23. The molecule has 1 amide bonds. The molecule has 2 heterocycles. The Bertz CT molecular complexity index is 558. The summed E-state index contributed by atoms with van der Waals surface area (Å²) in [4.78, 5) is 15.7. The Morgan fingerprint density at radius 3 is 2.38 bits per heavy atom. The number of halogens is 3. The molecule has 2 aliphatic rings. The van der Waals surface area contributed by atoms with Crippen LogP contribution in [-0.4, -0.2) is 60.4 Å². The van der Waals surface area contributed by atoms with Crippen molar-refractivity contribution >= 4 is 5.91 Å². The number of benzene rings is 1. The maximum atomic E-state index is 12.9. The number of carbonyl (C=O) groups is 1. The zero-order valence-electron chi connectivity index (χ0n) is 13.2. The number of hydrogen-bond acceptors (Lipinski definition) is 4. The minimum atomic E-state index is -4.41. The fourth-order valence-corrected chi connectivity index (χ4v) is 3.12. The van der Waals surface area contributed by atoms with Crippen LogP contribution in [0, 0.1) is 0 Å². The Kier molecular flexibility index (Phi) is 5.07. The van der Waals surface area contributed by atoms with Crippen molar-refractivity contribution in [1.82, 2.24) is 20.4 Å². The van der Waals surface area contributed by atoms with E-state index in [1.165, 1.54) is 5.56 Å². The van der Waals surface area contributed by atoms with Gasteiger partial charge in [-0.05, 0) is 5.56 Å². The molecule has 0 radical (unpaired) electrons. The maximum absolute atomic E-state index is 12.9. The number of alkyl halides is 3.